The van der Waals surface area contributed by atoms with Gasteiger partial charge < -0.3 is 10.1 Å². The van der Waals surface area contributed by atoms with Crippen molar-refractivity contribution >= 4 is 5.91 Å². The number of nitrogens with one attached hydrogen (secondary N) is 1. The summed E-state index contributed by atoms with van der Waals surface area (Å²) in [6.07, 6.45) is 7.96. The standard InChI is InChI=1S/C21H27N3O2/c25-21(19-8-5-10-22-16-19)23-11-6-14-26-20-9-4-7-18(15-20)17-24-12-2-1-3-13-24/h4-5,7-10,15-16H,1-3,6,11-14,17H2,(H,23,25). The van der Waals surface area contributed by atoms with Crippen LogP contribution in [-0.4, -0.2) is 42.0 Å². The third-order valence-electron chi connectivity index (χ3n) is 4.55. The lowest BCUT2D eigenvalue weighted by atomic mass is 10.1. The lowest BCUT2D eigenvalue weighted by Crippen LogP contribution is -2.29. The Bertz CT molecular complexity index is 685. The second kappa shape index (κ2) is 9.92. The monoisotopic (exact) mass is 353 g/mol. The third-order valence-corrected chi connectivity index (χ3v) is 4.55. The minimum Gasteiger partial charge on any atom is -0.494 e. The molecular weight excluding hydrogens is 326 g/mol. The van der Waals surface area contributed by atoms with Crippen molar-refractivity contribution in [3.8, 4) is 5.75 Å². The van der Waals surface area contributed by atoms with Crippen LogP contribution in [0.15, 0.2) is 48.8 Å². The number of ether oxygens (including phenoxy) is 1. The molecule has 5 heteroatoms. The van der Waals surface area contributed by atoms with Crippen LogP contribution in [0.5, 0.6) is 5.75 Å². The molecular formula is C21H27N3O2. The summed E-state index contributed by atoms with van der Waals surface area (Å²) in [5.41, 5.74) is 1.88. The molecule has 1 aliphatic heterocycles. The number of piperidine rings is 1. The minimum absolute atomic E-state index is 0.0957. The van der Waals surface area contributed by atoms with Crippen LogP contribution in [0.25, 0.3) is 0 Å². The minimum atomic E-state index is -0.0957. The van der Waals surface area contributed by atoms with E-state index < -0.39 is 0 Å². The highest BCUT2D eigenvalue weighted by Crippen LogP contribution is 2.17. The van der Waals surface area contributed by atoms with Gasteiger partial charge in [-0.1, -0.05) is 18.6 Å². The Labute approximate surface area is 155 Å². The molecule has 0 bridgehead atoms. The van der Waals surface area contributed by atoms with Gasteiger partial charge in [-0.15, -0.1) is 0 Å². The first kappa shape index (κ1) is 18.4. The summed E-state index contributed by atoms with van der Waals surface area (Å²) in [6, 6.07) is 11.9. The predicted octanol–water partition coefficient (Wildman–Crippen LogP) is 3.27. The summed E-state index contributed by atoms with van der Waals surface area (Å²) < 4.78 is 5.84. The smallest absolute Gasteiger partial charge is 0.252 e. The SMILES string of the molecule is O=C(NCCCOc1cccc(CN2CCCCC2)c1)c1cccnc1. The molecule has 1 saturated heterocycles. The number of hydrogen-bond donors (Lipinski definition) is 1. The molecule has 3 rings (SSSR count). The molecule has 1 fully saturated rings. The number of amides is 1. The van der Waals surface area contributed by atoms with Crippen LogP contribution in [0.2, 0.25) is 0 Å². The zero-order valence-corrected chi connectivity index (χ0v) is 15.2. The molecule has 1 aliphatic rings. The van der Waals surface area contributed by atoms with Gasteiger partial charge in [0.1, 0.15) is 5.75 Å². The topological polar surface area (TPSA) is 54.5 Å². The number of carbonyl (C=O) groups excluding carboxylic acids is 1. The molecule has 0 atom stereocenters. The Balaban J connectivity index is 1.36. The molecule has 0 unspecified atom stereocenters. The number of hydrogen-bond acceptors (Lipinski definition) is 4. The van der Waals surface area contributed by atoms with E-state index in [1.807, 2.05) is 6.07 Å². The average molecular weight is 353 g/mol. The maximum absolute atomic E-state index is 11.9. The van der Waals surface area contributed by atoms with E-state index in [4.69, 9.17) is 4.74 Å². The zero-order valence-electron chi connectivity index (χ0n) is 15.2. The first-order valence-electron chi connectivity index (χ1n) is 9.43. The van der Waals surface area contributed by atoms with Crippen molar-refractivity contribution in [1.29, 1.82) is 0 Å². The molecule has 0 radical (unpaired) electrons. The Morgan fingerprint density at radius 2 is 2.04 bits per heavy atom. The van der Waals surface area contributed by atoms with Gasteiger partial charge in [-0.25, -0.2) is 0 Å². The summed E-state index contributed by atoms with van der Waals surface area (Å²) in [7, 11) is 0. The molecule has 1 aromatic carbocycles. The summed E-state index contributed by atoms with van der Waals surface area (Å²) in [6.45, 7) is 4.56. The number of aromatic nitrogens is 1. The highest BCUT2D eigenvalue weighted by molar-refractivity contribution is 5.93. The molecule has 2 aromatic rings. The normalized spacial score (nSPS) is 14.8. The van der Waals surface area contributed by atoms with Gasteiger partial charge in [0.15, 0.2) is 0 Å². The first-order valence-corrected chi connectivity index (χ1v) is 9.43. The Morgan fingerprint density at radius 1 is 1.15 bits per heavy atom. The molecule has 0 saturated carbocycles. The number of nitrogens with zero attached hydrogens (tertiary/aromatic N) is 2. The van der Waals surface area contributed by atoms with Crippen molar-refractivity contribution in [3.63, 3.8) is 0 Å². The lowest BCUT2D eigenvalue weighted by Gasteiger charge is -2.26. The van der Waals surface area contributed by atoms with E-state index in [2.05, 4.69) is 33.4 Å². The Kier molecular flexibility index (Phi) is 7.02. The maximum atomic E-state index is 11.9. The van der Waals surface area contributed by atoms with E-state index in [0.29, 0.717) is 18.7 Å². The van der Waals surface area contributed by atoms with Gasteiger partial charge in [-0.2, -0.15) is 0 Å². The number of carbonyl (C=O) groups is 1. The van der Waals surface area contributed by atoms with E-state index in [0.717, 1.165) is 18.7 Å². The van der Waals surface area contributed by atoms with Crippen LogP contribution < -0.4 is 10.1 Å². The van der Waals surface area contributed by atoms with Gasteiger partial charge in [0.2, 0.25) is 0 Å². The molecule has 0 aliphatic carbocycles. The highest BCUT2D eigenvalue weighted by atomic mass is 16.5. The van der Waals surface area contributed by atoms with Gasteiger partial charge in [0, 0.05) is 25.5 Å². The largest absolute Gasteiger partial charge is 0.494 e. The van der Waals surface area contributed by atoms with Crippen LogP contribution in [0.3, 0.4) is 0 Å². The summed E-state index contributed by atoms with van der Waals surface area (Å²) in [5.74, 6) is 0.805. The van der Waals surface area contributed by atoms with Crippen LogP contribution in [-0.2, 0) is 6.54 Å². The van der Waals surface area contributed by atoms with Gasteiger partial charge in [0.25, 0.3) is 5.91 Å². The van der Waals surface area contributed by atoms with Crippen LogP contribution in [0.4, 0.5) is 0 Å². The summed E-state index contributed by atoms with van der Waals surface area (Å²) in [5, 5.41) is 2.89. The van der Waals surface area contributed by atoms with Crippen LogP contribution >= 0.6 is 0 Å². The van der Waals surface area contributed by atoms with Crippen molar-refractivity contribution in [2.75, 3.05) is 26.2 Å². The molecule has 1 N–H and O–H groups in total. The quantitative estimate of drug-likeness (QED) is 0.740. The number of pyridine rings is 1. The van der Waals surface area contributed by atoms with Crippen molar-refractivity contribution in [3.05, 3.63) is 59.9 Å². The molecule has 0 spiro atoms. The third kappa shape index (κ3) is 5.85. The number of benzene rings is 1. The van der Waals surface area contributed by atoms with E-state index in [9.17, 15) is 4.79 Å². The summed E-state index contributed by atoms with van der Waals surface area (Å²) >= 11 is 0. The molecule has 1 aromatic heterocycles. The first-order chi connectivity index (χ1) is 12.8. The fourth-order valence-electron chi connectivity index (χ4n) is 3.17. The Morgan fingerprint density at radius 3 is 2.85 bits per heavy atom. The molecule has 5 nitrogen and oxygen atoms in total. The van der Waals surface area contributed by atoms with Crippen LogP contribution in [0, 0.1) is 0 Å². The van der Waals surface area contributed by atoms with E-state index in [-0.39, 0.29) is 5.91 Å². The van der Waals surface area contributed by atoms with Crippen LogP contribution in [0.1, 0.15) is 41.6 Å². The van der Waals surface area contributed by atoms with Gasteiger partial charge >= 0.3 is 0 Å². The van der Waals surface area contributed by atoms with E-state index in [1.54, 1.807) is 24.5 Å². The van der Waals surface area contributed by atoms with Crippen molar-refractivity contribution < 1.29 is 9.53 Å². The number of likely N-dealkylation sites (tertiary alicyclic amines) is 1. The average Bonchev–Trinajstić information content (AvgIpc) is 2.69. The maximum Gasteiger partial charge on any atom is 0.252 e. The van der Waals surface area contributed by atoms with E-state index in [1.165, 1.54) is 37.9 Å². The Hall–Kier alpha value is -2.40. The van der Waals surface area contributed by atoms with Gasteiger partial charge in [0.05, 0.1) is 12.2 Å². The predicted molar refractivity (Wildman–Crippen MR) is 102 cm³/mol. The molecule has 26 heavy (non-hydrogen) atoms. The second-order valence-electron chi connectivity index (χ2n) is 6.68. The van der Waals surface area contributed by atoms with Crippen molar-refractivity contribution in [1.82, 2.24) is 15.2 Å². The molecule has 2 heterocycles. The van der Waals surface area contributed by atoms with Crippen molar-refractivity contribution in [2.24, 2.45) is 0 Å². The fraction of sp³-hybridized carbons (Fsp3) is 0.429. The van der Waals surface area contributed by atoms with Gasteiger partial charge in [-0.05, 0) is 62.2 Å². The fourth-order valence-corrected chi connectivity index (χ4v) is 3.17. The molecule has 138 valence electrons. The summed E-state index contributed by atoms with van der Waals surface area (Å²) in [4.78, 5) is 18.4. The zero-order chi connectivity index (χ0) is 18.0. The van der Waals surface area contributed by atoms with Crippen molar-refractivity contribution in [2.45, 2.75) is 32.2 Å². The molecule has 1 amide bonds. The van der Waals surface area contributed by atoms with Gasteiger partial charge in [-0.3, -0.25) is 14.7 Å². The lowest BCUT2D eigenvalue weighted by molar-refractivity contribution is 0.0951. The van der Waals surface area contributed by atoms with E-state index >= 15 is 0 Å². The highest BCUT2D eigenvalue weighted by Gasteiger charge is 2.10. The second-order valence-corrected chi connectivity index (χ2v) is 6.68. The number of rotatable bonds is 8.